The molecule has 88 valence electrons. The number of allylic oxidation sites excluding steroid dienone is 1. The van der Waals surface area contributed by atoms with Crippen LogP contribution in [-0.2, 0) is 13.6 Å². The van der Waals surface area contributed by atoms with Crippen LogP contribution in [0.3, 0.4) is 0 Å². The summed E-state index contributed by atoms with van der Waals surface area (Å²) >= 11 is 0. The topological polar surface area (TPSA) is 35.5 Å². The van der Waals surface area contributed by atoms with Gasteiger partial charge in [0.1, 0.15) is 0 Å². The summed E-state index contributed by atoms with van der Waals surface area (Å²) in [4.78, 5) is 0. The maximum absolute atomic E-state index is 12.1. The zero-order valence-electron chi connectivity index (χ0n) is 10.0. The lowest BCUT2D eigenvalue weighted by atomic mass is 10.2. The normalized spacial score (nSPS) is 14.7. The van der Waals surface area contributed by atoms with Crippen molar-refractivity contribution in [2.75, 3.05) is 13.2 Å². The van der Waals surface area contributed by atoms with Gasteiger partial charge < -0.3 is 9.05 Å². The molecule has 3 nitrogen and oxygen atoms in total. The highest BCUT2D eigenvalue weighted by atomic mass is 31.2. The molecule has 0 bridgehead atoms. The number of rotatable bonds is 7. The molecular formula is C11H21O3P. The molecule has 0 radical (unpaired) electrons. The Balaban J connectivity index is 4.48. The van der Waals surface area contributed by atoms with Crippen LogP contribution >= 0.6 is 7.60 Å². The Morgan fingerprint density at radius 3 is 2.40 bits per heavy atom. The van der Waals surface area contributed by atoms with Gasteiger partial charge in [0.2, 0.25) is 0 Å². The molecule has 0 saturated heterocycles. The maximum Gasteiger partial charge on any atom is 0.354 e. The summed E-state index contributed by atoms with van der Waals surface area (Å²) in [6.45, 7) is 11.9. The molecule has 0 heterocycles. The monoisotopic (exact) mass is 232 g/mol. The van der Waals surface area contributed by atoms with Crippen LogP contribution in [0.4, 0.5) is 0 Å². The van der Waals surface area contributed by atoms with Crippen molar-refractivity contribution in [3.8, 4) is 0 Å². The minimum Gasteiger partial charge on any atom is -0.305 e. The fraction of sp³-hybridized carbons (Fsp3) is 0.636. The zero-order valence-corrected chi connectivity index (χ0v) is 10.9. The van der Waals surface area contributed by atoms with Crippen LogP contribution in [0.2, 0.25) is 0 Å². The van der Waals surface area contributed by atoms with E-state index in [0.29, 0.717) is 12.5 Å². The summed E-state index contributed by atoms with van der Waals surface area (Å²) in [6, 6.07) is 0. The van der Waals surface area contributed by atoms with Gasteiger partial charge >= 0.3 is 7.60 Å². The molecule has 1 unspecified atom stereocenters. The van der Waals surface area contributed by atoms with Crippen LogP contribution in [0.15, 0.2) is 24.0 Å². The van der Waals surface area contributed by atoms with E-state index in [1.54, 1.807) is 11.9 Å². The smallest absolute Gasteiger partial charge is 0.305 e. The largest absolute Gasteiger partial charge is 0.354 e. The van der Waals surface area contributed by atoms with E-state index < -0.39 is 7.60 Å². The van der Waals surface area contributed by atoms with Crippen molar-refractivity contribution >= 4 is 7.60 Å². The minimum absolute atomic E-state index is 0.235. The average molecular weight is 232 g/mol. The first kappa shape index (κ1) is 14.6. The highest BCUT2D eigenvalue weighted by molar-refractivity contribution is 7.57. The highest BCUT2D eigenvalue weighted by Gasteiger charge is 2.21. The molecule has 15 heavy (non-hydrogen) atoms. The first-order valence-corrected chi connectivity index (χ1v) is 6.66. The van der Waals surface area contributed by atoms with E-state index in [9.17, 15) is 4.57 Å². The molecule has 0 saturated carbocycles. The molecule has 0 aliphatic heterocycles. The third-order valence-electron chi connectivity index (χ3n) is 1.38. The highest BCUT2D eigenvalue weighted by Crippen LogP contribution is 2.50. The van der Waals surface area contributed by atoms with Crippen LogP contribution in [0.1, 0.15) is 27.7 Å². The summed E-state index contributed by atoms with van der Waals surface area (Å²) in [6.07, 6.45) is 1.56. The Kier molecular flexibility index (Phi) is 6.82. The molecule has 0 fully saturated rings. The van der Waals surface area contributed by atoms with Crippen molar-refractivity contribution in [2.45, 2.75) is 27.7 Å². The predicted molar refractivity (Wildman–Crippen MR) is 64.0 cm³/mol. The summed E-state index contributed by atoms with van der Waals surface area (Å²) in [5, 5.41) is 0. The molecule has 1 atom stereocenters. The van der Waals surface area contributed by atoms with Gasteiger partial charge in [-0.15, -0.1) is 6.58 Å². The quantitative estimate of drug-likeness (QED) is 0.492. The van der Waals surface area contributed by atoms with E-state index in [2.05, 4.69) is 6.58 Å². The fourth-order valence-electron chi connectivity index (χ4n) is 0.838. The SMILES string of the molecule is C=CCOP(=O)(C=C(C)C)OCC(C)C. The standard InChI is InChI=1S/C11H21O3P/c1-6-7-13-15(12,9-11(4)5)14-8-10(2)3/h6,9-10H,1,7-8H2,2-5H3. The number of hydrogen-bond acceptors (Lipinski definition) is 3. The summed E-state index contributed by atoms with van der Waals surface area (Å²) in [5.41, 5.74) is 0.922. The first-order valence-electron chi connectivity index (χ1n) is 5.05. The third kappa shape index (κ3) is 7.55. The second kappa shape index (κ2) is 7.00. The Bertz CT molecular complexity index is 265. The first-order chi connectivity index (χ1) is 6.89. The van der Waals surface area contributed by atoms with Crippen LogP contribution in [0, 0.1) is 5.92 Å². The minimum atomic E-state index is -3.08. The Morgan fingerprint density at radius 1 is 1.40 bits per heavy atom. The van der Waals surface area contributed by atoms with E-state index in [4.69, 9.17) is 9.05 Å². The molecule has 0 aromatic heterocycles. The Hall–Kier alpha value is -0.370. The lowest BCUT2D eigenvalue weighted by Crippen LogP contribution is -2.02. The van der Waals surface area contributed by atoms with Crippen LogP contribution in [0.25, 0.3) is 0 Å². The van der Waals surface area contributed by atoms with Gasteiger partial charge in [-0.2, -0.15) is 0 Å². The van der Waals surface area contributed by atoms with Crippen molar-refractivity contribution in [3.63, 3.8) is 0 Å². The lowest BCUT2D eigenvalue weighted by Gasteiger charge is -2.16. The molecule has 0 aliphatic carbocycles. The van der Waals surface area contributed by atoms with Gasteiger partial charge in [0.25, 0.3) is 0 Å². The van der Waals surface area contributed by atoms with Gasteiger partial charge in [0.05, 0.1) is 13.2 Å². The second-order valence-electron chi connectivity index (χ2n) is 4.02. The molecule has 0 N–H and O–H groups in total. The Morgan fingerprint density at radius 2 is 2.00 bits per heavy atom. The lowest BCUT2D eigenvalue weighted by molar-refractivity contribution is 0.206. The van der Waals surface area contributed by atoms with E-state index in [-0.39, 0.29) is 6.61 Å². The third-order valence-corrected chi connectivity index (χ3v) is 3.23. The molecule has 0 rings (SSSR count). The maximum atomic E-state index is 12.1. The van der Waals surface area contributed by atoms with Crippen molar-refractivity contribution in [1.82, 2.24) is 0 Å². The molecule has 4 heteroatoms. The van der Waals surface area contributed by atoms with Gasteiger partial charge in [-0.05, 0) is 19.8 Å². The van der Waals surface area contributed by atoms with E-state index in [1.165, 1.54) is 0 Å². The molecule has 0 spiro atoms. The van der Waals surface area contributed by atoms with Gasteiger partial charge in [0.15, 0.2) is 0 Å². The van der Waals surface area contributed by atoms with E-state index >= 15 is 0 Å². The Labute approximate surface area is 92.7 Å². The summed E-state index contributed by atoms with van der Waals surface area (Å²) in [5.74, 6) is 1.88. The van der Waals surface area contributed by atoms with Crippen molar-refractivity contribution < 1.29 is 13.6 Å². The molecule has 0 amide bonds. The molecule has 0 aromatic rings. The fourth-order valence-corrected chi connectivity index (χ4v) is 2.51. The summed E-state index contributed by atoms with van der Waals surface area (Å²) < 4.78 is 22.6. The second-order valence-corrected chi connectivity index (χ2v) is 5.87. The van der Waals surface area contributed by atoms with Gasteiger partial charge in [0, 0.05) is 5.82 Å². The van der Waals surface area contributed by atoms with Crippen molar-refractivity contribution in [3.05, 3.63) is 24.0 Å². The van der Waals surface area contributed by atoms with Gasteiger partial charge in [-0.3, -0.25) is 4.57 Å². The van der Waals surface area contributed by atoms with Crippen LogP contribution in [-0.4, -0.2) is 13.2 Å². The van der Waals surface area contributed by atoms with Crippen LogP contribution < -0.4 is 0 Å². The van der Waals surface area contributed by atoms with E-state index in [0.717, 1.165) is 5.57 Å². The summed E-state index contributed by atoms with van der Waals surface area (Å²) in [7, 11) is -3.08. The van der Waals surface area contributed by atoms with Gasteiger partial charge in [-0.1, -0.05) is 25.5 Å². The zero-order chi connectivity index (χ0) is 11.9. The van der Waals surface area contributed by atoms with E-state index in [1.807, 2.05) is 27.7 Å². The van der Waals surface area contributed by atoms with Crippen molar-refractivity contribution in [2.24, 2.45) is 5.92 Å². The van der Waals surface area contributed by atoms with Crippen molar-refractivity contribution in [1.29, 1.82) is 0 Å². The molecular weight excluding hydrogens is 211 g/mol. The average Bonchev–Trinajstić information content (AvgIpc) is 2.11. The van der Waals surface area contributed by atoms with Gasteiger partial charge in [-0.25, -0.2) is 0 Å². The van der Waals surface area contributed by atoms with Crippen LogP contribution in [0.5, 0.6) is 0 Å². The number of hydrogen-bond donors (Lipinski definition) is 0. The molecule has 0 aliphatic rings. The predicted octanol–water partition coefficient (Wildman–Crippen LogP) is 3.98. The molecule has 0 aromatic carbocycles.